The number of rotatable bonds is 4. The smallest absolute Gasteiger partial charge is 0.337 e. The van der Waals surface area contributed by atoms with Crippen molar-refractivity contribution in [1.82, 2.24) is 0 Å². The standard InChI is InChI=1S/C21H17NO2/c1-14-12-18(13-19(21(23)24)20(14)22-2)17-10-8-16(9-11-17)15-6-4-3-5-7-15/h3-13H,2H2,1H3,(H,23,24). The molecule has 0 atom stereocenters. The Bertz CT molecular complexity index is 897. The molecule has 3 heteroatoms. The fourth-order valence-corrected chi connectivity index (χ4v) is 2.80. The van der Waals surface area contributed by atoms with Gasteiger partial charge in [0.15, 0.2) is 0 Å². The van der Waals surface area contributed by atoms with Gasteiger partial charge in [-0.15, -0.1) is 0 Å². The highest BCUT2D eigenvalue weighted by Crippen LogP contribution is 2.31. The van der Waals surface area contributed by atoms with Gasteiger partial charge in [0.05, 0.1) is 11.3 Å². The number of aromatic carboxylic acids is 1. The summed E-state index contributed by atoms with van der Waals surface area (Å²) in [6.07, 6.45) is 0. The van der Waals surface area contributed by atoms with Crippen LogP contribution in [-0.4, -0.2) is 17.8 Å². The third-order valence-corrected chi connectivity index (χ3v) is 4.01. The Kier molecular flexibility index (Phi) is 4.25. The number of hydrogen-bond donors (Lipinski definition) is 1. The highest BCUT2D eigenvalue weighted by Gasteiger charge is 2.14. The van der Waals surface area contributed by atoms with Gasteiger partial charge in [-0.25, -0.2) is 4.79 Å². The maximum Gasteiger partial charge on any atom is 0.337 e. The molecule has 0 unspecified atom stereocenters. The second kappa shape index (κ2) is 6.50. The molecule has 0 amide bonds. The summed E-state index contributed by atoms with van der Waals surface area (Å²) in [7, 11) is 0. The minimum absolute atomic E-state index is 0.173. The molecule has 0 saturated heterocycles. The first-order valence-corrected chi connectivity index (χ1v) is 7.60. The van der Waals surface area contributed by atoms with E-state index in [1.807, 2.05) is 55.5 Å². The number of benzene rings is 3. The van der Waals surface area contributed by atoms with Crippen molar-refractivity contribution in [2.45, 2.75) is 6.92 Å². The summed E-state index contributed by atoms with van der Waals surface area (Å²) in [5.74, 6) is -0.997. The largest absolute Gasteiger partial charge is 0.478 e. The summed E-state index contributed by atoms with van der Waals surface area (Å²) in [5, 5.41) is 9.40. The van der Waals surface area contributed by atoms with Crippen LogP contribution in [0.25, 0.3) is 22.3 Å². The van der Waals surface area contributed by atoms with Crippen LogP contribution in [0, 0.1) is 6.92 Å². The Morgan fingerprint density at radius 3 is 1.96 bits per heavy atom. The molecule has 0 saturated carbocycles. The lowest BCUT2D eigenvalue weighted by Crippen LogP contribution is -1.99. The highest BCUT2D eigenvalue weighted by atomic mass is 16.4. The lowest BCUT2D eigenvalue weighted by molar-refractivity contribution is 0.0698. The lowest BCUT2D eigenvalue weighted by atomic mass is 9.96. The summed E-state index contributed by atoms with van der Waals surface area (Å²) in [4.78, 5) is 15.3. The maximum atomic E-state index is 11.5. The second-order valence-corrected chi connectivity index (χ2v) is 5.60. The zero-order chi connectivity index (χ0) is 17.1. The quantitative estimate of drug-likeness (QED) is 0.659. The molecule has 0 heterocycles. The lowest BCUT2D eigenvalue weighted by Gasteiger charge is -2.10. The van der Waals surface area contributed by atoms with Crippen molar-refractivity contribution in [1.29, 1.82) is 0 Å². The van der Waals surface area contributed by atoms with Crippen molar-refractivity contribution < 1.29 is 9.90 Å². The first kappa shape index (κ1) is 15.7. The van der Waals surface area contributed by atoms with Gasteiger partial charge in [0.2, 0.25) is 0 Å². The Labute approximate surface area is 140 Å². The number of nitrogens with zero attached hydrogens (tertiary/aromatic N) is 1. The fraction of sp³-hybridized carbons (Fsp3) is 0.0476. The van der Waals surface area contributed by atoms with Gasteiger partial charge >= 0.3 is 5.97 Å². The molecule has 0 bridgehead atoms. The molecule has 0 fully saturated rings. The molecule has 0 aliphatic heterocycles. The molecule has 3 aromatic rings. The molecule has 3 rings (SSSR count). The van der Waals surface area contributed by atoms with E-state index in [1.165, 1.54) is 0 Å². The SMILES string of the molecule is C=Nc1c(C)cc(-c2ccc(-c3ccccc3)cc2)cc1C(=O)O. The van der Waals surface area contributed by atoms with Crippen LogP contribution < -0.4 is 0 Å². The van der Waals surface area contributed by atoms with E-state index in [4.69, 9.17) is 0 Å². The Balaban J connectivity index is 2.03. The summed E-state index contributed by atoms with van der Waals surface area (Å²) >= 11 is 0. The molecule has 0 radical (unpaired) electrons. The molecule has 3 aromatic carbocycles. The number of carboxylic acid groups (broad SMARTS) is 1. The van der Waals surface area contributed by atoms with Crippen molar-refractivity contribution in [3.8, 4) is 22.3 Å². The fourth-order valence-electron chi connectivity index (χ4n) is 2.80. The predicted octanol–water partition coefficient (Wildman–Crippen LogP) is 5.36. The van der Waals surface area contributed by atoms with E-state index in [-0.39, 0.29) is 5.56 Å². The van der Waals surface area contributed by atoms with Gasteiger partial charge in [0, 0.05) is 0 Å². The number of aliphatic imine (C=N–C) groups is 1. The minimum atomic E-state index is -0.997. The Morgan fingerprint density at radius 2 is 1.42 bits per heavy atom. The van der Waals surface area contributed by atoms with Crippen LogP contribution in [0.5, 0.6) is 0 Å². The zero-order valence-electron chi connectivity index (χ0n) is 13.4. The van der Waals surface area contributed by atoms with E-state index in [0.717, 1.165) is 27.8 Å². The normalized spacial score (nSPS) is 10.4. The van der Waals surface area contributed by atoms with Crippen LogP contribution in [0.15, 0.2) is 71.7 Å². The van der Waals surface area contributed by atoms with Crippen LogP contribution in [0.2, 0.25) is 0 Å². The van der Waals surface area contributed by atoms with Gasteiger partial charge in [-0.2, -0.15) is 0 Å². The predicted molar refractivity (Wildman–Crippen MR) is 98.2 cm³/mol. The first-order valence-electron chi connectivity index (χ1n) is 7.60. The number of aryl methyl sites for hydroxylation is 1. The first-order chi connectivity index (χ1) is 11.6. The highest BCUT2D eigenvalue weighted by molar-refractivity contribution is 5.96. The second-order valence-electron chi connectivity index (χ2n) is 5.60. The van der Waals surface area contributed by atoms with Crippen molar-refractivity contribution >= 4 is 18.4 Å². The van der Waals surface area contributed by atoms with E-state index in [0.29, 0.717) is 5.69 Å². The van der Waals surface area contributed by atoms with Crippen LogP contribution >= 0.6 is 0 Å². The van der Waals surface area contributed by atoms with E-state index in [1.54, 1.807) is 6.07 Å². The maximum absolute atomic E-state index is 11.5. The van der Waals surface area contributed by atoms with E-state index >= 15 is 0 Å². The van der Waals surface area contributed by atoms with Gasteiger partial charge in [-0.3, -0.25) is 4.99 Å². The molecule has 0 aromatic heterocycles. The third-order valence-electron chi connectivity index (χ3n) is 4.01. The van der Waals surface area contributed by atoms with E-state index in [9.17, 15) is 9.90 Å². The van der Waals surface area contributed by atoms with Crippen LogP contribution in [0.1, 0.15) is 15.9 Å². The van der Waals surface area contributed by atoms with Crippen molar-refractivity contribution in [3.05, 3.63) is 77.9 Å². The summed E-state index contributed by atoms with van der Waals surface area (Å²) < 4.78 is 0. The Hall–Kier alpha value is -3.20. The zero-order valence-corrected chi connectivity index (χ0v) is 13.4. The Morgan fingerprint density at radius 1 is 0.875 bits per heavy atom. The van der Waals surface area contributed by atoms with Crippen molar-refractivity contribution in [2.75, 3.05) is 0 Å². The molecule has 118 valence electrons. The monoisotopic (exact) mass is 315 g/mol. The summed E-state index contributed by atoms with van der Waals surface area (Å²) in [6, 6.07) is 21.8. The van der Waals surface area contributed by atoms with Crippen LogP contribution in [0.4, 0.5) is 5.69 Å². The van der Waals surface area contributed by atoms with Crippen LogP contribution in [0.3, 0.4) is 0 Å². The van der Waals surface area contributed by atoms with Crippen molar-refractivity contribution in [2.24, 2.45) is 4.99 Å². The topological polar surface area (TPSA) is 49.7 Å². The van der Waals surface area contributed by atoms with Gasteiger partial charge in [-0.1, -0.05) is 54.6 Å². The number of carboxylic acids is 1. The molecule has 24 heavy (non-hydrogen) atoms. The van der Waals surface area contributed by atoms with Gasteiger partial charge in [0.25, 0.3) is 0 Å². The molecular weight excluding hydrogens is 298 g/mol. The molecule has 1 N–H and O–H groups in total. The molecular formula is C21H17NO2. The van der Waals surface area contributed by atoms with Crippen LogP contribution in [-0.2, 0) is 0 Å². The third kappa shape index (κ3) is 2.97. The molecule has 3 nitrogen and oxygen atoms in total. The summed E-state index contributed by atoms with van der Waals surface area (Å²) in [5.41, 5.74) is 5.50. The molecule has 0 aliphatic rings. The number of hydrogen-bond acceptors (Lipinski definition) is 2. The van der Waals surface area contributed by atoms with Gasteiger partial charge in [0.1, 0.15) is 0 Å². The average molecular weight is 315 g/mol. The summed E-state index contributed by atoms with van der Waals surface area (Å²) in [6.45, 7) is 5.31. The van der Waals surface area contributed by atoms with Crippen molar-refractivity contribution in [3.63, 3.8) is 0 Å². The molecule has 0 spiro atoms. The average Bonchev–Trinajstić information content (AvgIpc) is 2.62. The minimum Gasteiger partial charge on any atom is -0.478 e. The molecule has 0 aliphatic carbocycles. The number of carbonyl (C=O) groups is 1. The van der Waals surface area contributed by atoms with Gasteiger partial charge in [-0.05, 0) is 53.6 Å². The van der Waals surface area contributed by atoms with E-state index in [2.05, 4.69) is 23.8 Å². The van der Waals surface area contributed by atoms with E-state index < -0.39 is 5.97 Å². The van der Waals surface area contributed by atoms with Gasteiger partial charge < -0.3 is 5.11 Å².